The van der Waals surface area contributed by atoms with Crippen LogP contribution in [0, 0.1) is 0 Å². The molecular formula is C19H22N2O3S. The van der Waals surface area contributed by atoms with E-state index >= 15 is 0 Å². The van der Waals surface area contributed by atoms with Crippen LogP contribution >= 0.6 is 11.8 Å². The van der Waals surface area contributed by atoms with Crippen molar-refractivity contribution in [3.8, 4) is 11.5 Å². The summed E-state index contributed by atoms with van der Waals surface area (Å²) < 4.78 is 10.7. The van der Waals surface area contributed by atoms with Gasteiger partial charge in [-0.15, -0.1) is 0 Å². The molecule has 5 nitrogen and oxygen atoms in total. The van der Waals surface area contributed by atoms with Gasteiger partial charge < -0.3 is 15.2 Å². The van der Waals surface area contributed by atoms with Crippen molar-refractivity contribution in [2.24, 2.45) is 10.7 Å². The Hall–Kier alpha value is -2.47. The van der Waals surface area contributed by atoms with E-state index in [1.54, 1.807) is 33.3 Å². The number of ether oxygens (including phenoxy) is 2. The van der Waals surface area contributed by atoms with Gasteiger partial charge in [0.05, 0.1) is 20.8 Å². The van der Waals surface area contributed by atoms with Gasteiger partial charge in [0.2, 0.25) is 0 Å². The maximum atomic E-state index is 11.5. The number of Topliss-reactive ketones (excluding diaryl/α,β-unsaturated/α-hetero) is 1. The summed E-state index contributed by atoms with van der Waals surface area (Å²) in [5.74, 6) is 2.12. The number of aliphatic imine (C=N–C) groups is 1. The van der Waals surface area contributed by atoms with Gasteiger partial charge in [-0.2, -0.15) is 0 Å². The SMILES string of the molecule is COc1ccccc1CN=C(N)SCc1cc(C(C)=O)ccc1OC. The van der Waals surface area contributed by atoms with Crippen LogP contribution < -0.4 is 15.2 Å². The predicted molar refractivity (Wildman–Crippen MR) is 103 cm³/mol. The quantitative estimate of drug-likeness (QED) is 0.464. The smallest absolute Gasteiger partial charge is 0.159 e. The standard InChI is InChI=1S/C19H22N2O3S/c1-13(22)14-8-9-18(24-3)16(10-14)12-25-19(20)21-11-15-6-4-5-7-17(15)23-2/h4-10H,11-12H2,1-3H3,(H2,20,21). The van der Waals surface area contributed by atoms with E-state index in [0.29, 0.717) is 23.0 Å². The van der Waals surface area contributed by atoms with Crippen LogP contribution in [0.2, 0.25) is 0 Å². The average molecular weight is 358 g/mol. The summed E-state index contributed by atoms with van der Waals surface area (Å²) in [7, 11) is 3.24. The van der Waals surface area contributed by atoms with E-state index in [4.69, 9.17) is 15.2 Å². The van der Waals surface area contributed by atoms with Crippen LogP contribution in [0.5, 0.6) is 11.5 Å². The molecule has 0 bridgehead atoms. The molecule has 2 aromatic carbocycles. The fraction of sp³-hybridized carbons (Fsp3) is 0.263. The number of carbonyl (C=O) groups excluding carboxylic acids is 1. The van der Waals surface area contributed by atoms with Crippen LogP contribution in [-0.2, 0) is 12.3 Å². The zero-order chi connectivity index (χ0) is 18.2. The number of carbonyl (C=O) groups is 1. The summed E-state index contributed by atoms with van der Waals surface area (Å²) in [4.78, 5) is 15.9. The number of nitrogens with zero attached hydrogens (tertiary/aromatic N) is 1. The lowest BCUT2D eigenvalue weighted by Gasteiger charge is -2.10. The first-order valence-corrected chi connectivity index (χ1v) is 8.76. The highest BCUT2D eigenvalue weighted by Crippen LogP contribution is 2.25. The molecular weight excluding hydrogens is 336 g/mol. The molecule has 0 amide bonds. The third-order valence-corrected chi connectivity index (χ3v) is 4.54. The molecule has 0 saturated heterocycles. The van der Waals surface area contributed by atoms with Gasteiger partial charge in [-0.25, -0.2) is 0 Å². The Balaban J connectivity index is 2.05. The van der Waals surface area contributed by atoms with Gasteiger partial charge in [-0.1, -0.05) is 30.0 Å². The fourth-order valence-electron chi connectivity index (χ4n) is 2.30. The van der Waals surface area contributed by atoms with Gasteiger partial charge in [0.1, 0.15) is 11.5 Å². The molecule has 0 heterocycles. The molecule has 0 saturated carbocycles. The van der Waals surface area contributed by atoms with E-state index in [1.165, 1.54) is 11.8 Å². The number of rotatable bonds is 7. The molecule has 6 heteroatoms. The number of nitrogens with two attached hydrogens (primary N) is 1. The summed E-state index contributed by atoms with van der Waals surface area (Å²) in [6, 6.07) is 13.1. The van der Waals surface area contributed by atoms with E-state index in [9.17, 15) is 4.79 Å². The monoisotopic (exact) mass is 358 g/mol. The van der Waals surface area contributed by atoms with Gasteiger partial charge >= 0.3 is 0 Å². The molecule has 0 radical (unpaired) electrons. The summed E-state index contributed by atoms with van der Waals surface area (Å²) in [5, 5.41) is 0.473. The van der Waals surface area contributed by atoms with Gasteiger partial charge in [0.15, 0.2) is 11.0 Å². The molecule has 2 N–H and O–H groups in total. The highest BCUT2D eigenvalue weighted by atomic mass is 32.2. The minimum Gasteiger partial charge on any atom is -0.496 e. The van der Waals surface area contributed by atoms with Crippen LogP contribution in [0.15, 0.2) is 47.5 Å². The van der Waals surface area contributed by atoms with Gasteiger partial charge in [-0.05, 0) is 31.2 Å². The number of ketones is 1. The van der Waals surface area contributed by atoms with Gasteiger partial charge in [-0.3, -0.25) is 9.79 Å². The van der Waals surface area contributed by atoms with Crippen molar-refractivity contribution in [2.45, 2.75) is 19.2 Å². The predicted octanol–water partition coefficient (Wildman–Crippen LogP) is 3.65. The molecule has 132 valence electrons. The molecule has 0 aromatic heterocycles. The molecule has 25 heavy (non-hydrogen) atoms. The van der Waals surface area contributed by atoms with Crippen LogP contribution in [-0.4, -0.2) is 25.2 Å². The zero-order valence-corrected chi connectivity index (χ0v) is 15.4. The minimum absolute atomic E-state index is 0.0201. The Morgan fingerprint density at radius 1 is 1.08 bits per heavy atom. The van der Waals surface area contributed by atoms with Crippen LogP contribution in [0.4, 0.5) is 0 Å². The molecule has 0 spiro atoms. The second-order valence-corrected chi connectivity index (χ2v) is 6.33. The zero-order valence-electron chi connectivity index (χ0n) is 14.6. The van der Waals surface area contributed by atoms with Crippen LogP contribution in [0.1, 0.15) is 28.4 Å². The molecule has 0 aliphatic carbocycles. The van der Waals surface area contributed by atoms with Gasteiger partial charge in [0.25, 0.3) is 0 Å². The Labute approximate surface area is 152 Å². The van der Waals surface area contributed by atoms with Crippen molar-refractivity contribution in [2.75, 3.05) is 14.2 Å². The number of benzene rings is 2. The number of methoxy groups -OCH3 is 2. The lowest BCUT2D eigenvalue weighted by atomic mass is 10.1. The molecule has 2 rings (SSSR count). The number of thioether (sulfide) groups is 1. The highest BCUT2D eigenvalue weighted by molar-refractivity contribution is 8.13. The minimum atomic E-state index is 0.0201. The second kappa shape index (κ2) is 9.13. The second-order valence-electron chi connectivity index (χ2n) is 5.34. The lowest BCUT2D eigenvalue weighted by Crippen LogP contribution is -2.08. The third-order valence-electron chi connectivity index (χ3n) is 3.66. The highest BCUT2D eigenvalue weighted by Gasteiger charge is 2.09. The molecule has 0 atom stereocenters. The van der Waals surface area contributed by atoms with Crippen molar-refractivity contribution in [3.05, 3.63) is 59.2 Å². The summed E-state index contributed by atoms with van der Waals surface area (Å²) in [5.41, 5.74) is 8.56. The lowest BCUT2D eigenvalue weighted by molar-refractivity contribution is 0.101. The fourth-order valence-corrected chi connectivity index (χ4v) is 2.99. The largest absolute Gasteiger partial charge is 0.496 e. The maximum absolute atomic E-state index is 11.5. The van der Waals surface area contributed by atoms with Crippen LogP contribution in [0.25, 0.3) is 0 Å². The van der Waals surface area contributed by atoms with Crippen molar-refractivity contribution >= 4 is 22.7 Å². The Kier molecular flexibility index (Phi) is 6.89. The van der Waals surface area contributed by atoms with Crippen molar-refractivity contribution in [3.63, 3.8) is 0 Å². The Morgan fingerprint density at radius 2 is 1.76 bits per heavy atom. The summed E-state index contributed by atoms with van der Waals surface area (Å²) in [6.07, 6.45) is 0. The van der Waals surface area contributed by atoms with Crippen LogP contribution in [0.3, 0.4) is 0 Å². The van der Waals surface area contributed by atoms with E-state index in [2.05, 4.69) is 4.99 Å². The Bertz CT molecular complexity index is 775. The van der Waals surface area contributed by atoms with E-state index in [0.717, 1.165) is 22.6 Å². The molecule has 0 fully saturated rings. The summed E-state index contributed by atoms with van der Waals surface area (Å²) in [6.45, 7) is 2.00. The maximum Gasteiger partial charge on any atom is 0.159 e. The molecule has 0 aliphatic rings. The van der Waals surface area contributed by atoms with Crippen molar-refractivity contribution < 1.29 is 14.3 Å². The summed E-state index contributed by atoms with van der Waals surface area (Å²) >= 11 is 1.41. The Morgan fingerprint density at radius 3 is 2.44 bits per heavy atom. The first kappa shape index (κ1) is 18.9. The number of hydrogen-bond acceptors (Lipinski definition) is 5. The van der Waals surface area contributed by atoms with Gasteiger partial charge in [0, 0.05) is 22.4 Å². The molecule has 0 aliphatic heterocycles. The molecule has 2 aromatic rings. The topological polar surface area (TPSA) is 73.9 Å². The average Bonchev–Trinajstić information content (AvgIpc) is 2.64. The van der Waals surface area contributed by atoms with E-state index in [-0.39, 0.29) is 5.78 Å². The van der Waals surface area contributed by atoms with Crippen molar-refractivity contribution in [1.82, 2.24) is 0 Å². The first-order valence-electron chi connectivity index (χ1n) is 7.77. The van der Waals surface area contributed by atoms with E-state index in [1.807, 2.05) is 30.3 Å². The van der Waals surface area contributed by atoms with E-state index < -0.39 is 0 Å². The molecule has 0 unspecified atom stereocenters. The first-order chi connectivity index (χ1) is 12.0. The number of hydrogen-bond donors (Lipinski definition) is 1. The normalized spacial score (nSPS) is 11.2. The third kappa shape index (κ3) is 5.26. The van der Waals surface area contributed by atoms with Crippen molar-refractivity contribution in [1.29, 1.82) is 0 Å². The number of amidine groups is 1. The number of para-hydroxylation sites is 1.